The van der Waals surface area contributed by atoms with E-state index in [1.807, 2.05) is 12.1 Å². The molecule has 4 rings (SSSR count). The highest BCUT2D eigenvalue weighted by Crippen LogP contribution is 2.31. The van der Waals surface area contributed by atoms with Gasteiger partial charge in [0.05, 0.1) is 6.54 Å². The highest BCUT2D eigenvalue weighted by molar-refractivity contribution is 7.15. The van der Waals surface area contributed by atoms with Crippen molar-refractivity contribution < 1.29 is 17.6 Å². The maximum atomic E-state index is 14.0. The normalized spacial score (nSPS) is 22.4. The molecule has 1 aromatic heterocycles. The number of halogens is 4. The van der Waals surface area contributed by atoms with Crippen LogP contribution in [0.25, 0.3) is 10.4 Å². The zero-order chi connectivity index (χ0) is 20.4. The minimum atomic E-state index is -4.12. The molecule has 0 aliphatic carbocycles. The lowest BCUT2D eigenvalue weighted by Crippen LogP contribution is -2.50. The number of hydrogen-bond acceptors (Lipinski definition) is 4. The van der Waals surface area contributed by atoms with Crippen molar-refractivity contribution in [2.24, 2.45) is 0 Å². The lowest BCUT2D eigenvalue weighted by Gasteiger charge is -2.38. The smallest absolute Gasteiger partial charge is 0.297 e. The molecule has 2 saturated heterocycles. The van der Waals surface area contributed by atoms with Gasteiger partial charge in [-0.15, -0.1) is 11.3 Å². The van der Waals surface area contributed by atoms with Crippen molar-refractivity contribution in [2.45, 2.75) is 25.2 Å². The van der Waals surface area contributed by atoms with E-state index < -0.39 is 12.7 Å². The molecule has 1 atom stereocenters. The fraction of sp³-hybridized carbons (Fsp3) is 0.524. The van der Waals surface area contributed by atoms with Gasteiger partial charge in [-0.3, -0.25) is 14.7 Å². The van der Waals surface area contributed by atoms with E-state index in [-0.39, 0.29) is 11.9 Å². The number of thiophene rings is 1. The van der Waals surface area contributed by atoms with Crippen molar-refractivity contribution in [1.29, 1.82) is 0 Å². The lowest BCUT2D eigenvalue weighted by atomic mass is 10.2. The predicted octanol–water partition coefficient (Wildman–Crippen LogP) is 4.31. The Balaban J connectivity index is 1.26. The zero-order valence-electron chi connectivity index (χ0n) is 16.2. The van der Waals surface area contributed by atoms with Gasteiger partial charge in [-0.2, -0.15) is 13.2 Å². The van der Waals surface area contributed by atoms with Gasteiger partial charge in [0.15, 0.2) is 0 Å². The monoisotopic (exact) mass is 427 g/mol. The highest BCUT2D eigenvalue weighted by Gasteiger charge is 2.36. The van der Waals surface area contributed by atoms with Crippen LogP contribution in [-0.4, -0.2) is 72.7 Å². The second-order valence-corrected chi connectivity index (χ2v) is 9.02. The van der Waals surface area contributed by atoms with Crippen LogP contribution in [0.1, 0.15) is 11.3 Å². The fourth-order valence-corrected chi connectivity index (χ4v) is 5.36. The quantitative estimate of drug-likeness (QED) is 0.659. The van der Waals surface area contributed by atoms with Crippen molar-refractivity contribution in [3.8, 4) is 10.4 Å². The van der Waals surface area contributed by atoms with Crippen molar-refractivity contribution in [2.75, 3.05) is 45.8 Å². The van der Waals surface area contributed by atoms with Crippen LogP contribution in [0.4, 0.5) is 17.6 Å². The third-order valence-corrected chi connectivity index (χ3v) is 6.86. The summed E-state index contributed by atoms with van der Waals surface area (Å²) in [6, 6.07) is 11.1. The topological polar surface area (TPSA) is 9.72 Å². The number of piperazine rings is 1. The lowest BCUT2D eigenvalue weighted by molar-refractivity contribution is -0.144. The largest absolute Gasteiger partial charge is 0.401 e. The SMILES string of the molecule is Fc1ccccc1-c1ccc(CN2CCN([C@H]3CCN(CC(F)(F)F)C3)CC2)s1. The molecule has 0 bridgehead atoms. The Morgan fingerprint density at radius 3 is 2.41 bits per heavy atom. The number of nitrogens with zero attached hydrogens (tertiary/aromatic N) is 3. The molecule has 2 fully saturated rings. The molecule has 2 aliphatic heterocycles. The van der Waals surface area contributed by atoms with E-state index in [4.69, 9.17) is 0 Å². The Kier molecular flexibility index (Phi) is 6.24. The molecule has 2 aliphatic rings. The Bertz CT molecular complexity index is 814. The molecular formula is C21H25F4N3S. The Labute approximate surface area is 172 Å². The van der Waals surface area contributed by atoms with E-state index in [9.17, 15) is 17.6 Å². The zero-order valence-corrected chi connectivity index (χ0v) is 17.0. The molecule has 0 amide bonds. The van der Waals surface area contributed by atoms with Crippen LogP contribution in [0.5, 0.6) is 0 Å². The number of likely N-dealkylation sites (tertiary alicyclic amines) is 1. The van der Waals surface area contributed by atoms with Gasteiger partial charge >= 0.3 is 6.18 Å². The number of hydrogen-bond donors (Lipinski definition) is 0. The van der Waals surface area contributed by atoms with Crippen LogP contribution in [0.15, 0.2) is 36.4 Å². The molecule has 0 N–H and O–H groups in total. The first kappa shape index (κ1) is 20.8. The molecule has 0 saturated carbocycles. The molecule has 0 radical (unpaired) electrons. The van der Waals surface area contributed by atoms with Crippen LogP contribution < -0.4 is 0 Å². The number of alkyl halides is 3. The minimum absolute atomic E-state index is 0.203. The number of benzene rings is 1. The molecule has 2 aromatic rings. The average molecular weight is 428 g/mol. The third-order valence-electron chi connectivity index (χ3n) is 5.75. The van der Waals surface area contributed by atoms with Gasteiger partial charge < -0.3 is 0 Å². The summed E-state index contributed by atoms with van der Waals surface area (Å²) >= 11 is 1.62. The summed E-state index contributed by atoms with van der Waals surface area (Å²) in [5.74, 6) is -0.203. The van der Waals surface area contributed by atoms with Gasteiger partial charge in [-0.1, -0.05) is 18.2 Å². The van der Waals surface area contributed by atoms with Crippen LogP contribution in [0.3, 0.4) is 0 Å². The fourth-order valence-electron chi connectivity index (χ4n) is 4.28. The van der Waals surface area contributed by atoms with Crippen molar-refractivity contribution >= 4 is 11.3 Å². The minimum Gasteiger partial charge on any atom is -0.297 e. The van der Waals surface area contributed by atoms with E-state index in [2.05, 4.69) is 15.9 Å². The Morgan fingerprint density at radius 2 is 1.69 bits per heavy atom. The summed E-state index contributed by atoms with van der Waals surface area (Å²) in [4.78, 5) is 8.37. The molecule has 3 nitrogen and oxygen atoms in total. The standard InChI is InChI=1S/C21H25F4N3S/c22-19-4-2-1-3-18(19)20-6-5-17(29-20)14-26-9-11-28(12-10-26)16-7-8-27(13-16)15-21(23,24)25/h1-6,16H,7-15H2/t16-/m0/s1. The van der Waals surface area contributed by atoms with Gasteiger partial charge in [0.1, 0.15) is 5.82 Å². The molecule has 1 aromatic carbocycles. The van der Waals surface area contributed by atoms with Gasteiger partial charge in [-0.25, -0.2) is 4.39 Å². The maximum absolute atomic E-state index is 14.0. The summed E-state index contributed by atoms with van der Waals surface area (Å²) in [7, 11) is 0. The summed E-state index contributed by atoms with van der Waals surface area (Å²) in [5.41, 5.74) is 0.637. The molecule has 0 spiro atoms. The van der Waals surface area contributed by atoms with E-state index in [0.29, 0.717) is 18.7 Å². The first-order chi connectivity index (χ1) is 13.9. The molecule has 0 unspecified atom stereocenters. The number of rotatable bonds is 5. The van der Waals surface area contributed by atoms with E-state index >= 15 is 0 Å². The third kappa shape index (κ3) is 5.36. The molecule has 8 heteroatoms. The maximum Gasteiger partial charge on any atom is 0.401 e. The molecule has 3 heterocycles. The van der Waals surface area contributed by atoms with Crippen LogP contribution >= 0.6 is 11.3 Å². The van der Waals surface area contributed by atoms with Gasteiger partial charge in [0.2, 0.25) is 0 Å². The van der Waals surface area contributed by atoms with Crippen molar-refractivity contribution in [1.82, 2.24) is 14.7 Å². The summed E-state index contributed by atoms with van der Waals surface area (Å²) in [6.07, 6.45) is -3.30. The molecular weight excluding hydrogens is 402 g/mol. The van der Waals surface area contributed by atoms with Crippen LogP contribution in [0, 0.1) is 5.82 Å². The Hall–Kier alpha value is -1.48. The second-order valence-electron chi connectivity index (χ2n) is 7.85. The first-order valence-corrected chi connectivity index (χ1v) is 10.8. The van der Waals surface area contributed by atoms with E-state index in [1.54, 1.807) is 23.5 Å². The highest BCUT2D eigenvalue weighted by atomic mass is 32.1. The first-order valence-electron chi connectivity index (χ1n) is 9.96. The predicted molar refractivity (Wildman–Crippen MR) is 107 cm³/mol. The van der Waals surface area contributed by atoms with E-state index in [1.165, 1.54) is 15.8 Å². The van der Waals surface area contributed by atoms with Gasteiger partial charge in [-0.05, 0) is 24.6 Å². The second kappa shape index (κ2) is 8.71. The van der Waals surface area contributed by atoms with E-state index in [0.717, 1.165) is 44.0 Å². The van der Waals surface area contributed by atoms with Crippen molar-refractivity contribution in [3.63, 3.8) is 0 Å². The Morgan fingerprint density at radius 1 is 0.931 bits per heavy atom. The van der Waals surface area contributed by atoms with Crippen molar-refractivity contribution in [3.05, 3.63) is 47.1 Å². The molecule has 158 valence electrons. The summed E-state index contributed by atoms with van der Waals surface area (Å²) in [6.45, 7) is 4.65. The summed E-state index contributed by atoms with van der Waals surface area (Å²) < 4.78 is 51.7. The average Bonchev–Trinajstić information content (AvgIpc) is 3.31. The van der Waals surface area contributed by atoms with Crippen LogP contribution in [0.2, 0.25) is 0 Å². The van der Waals surface area contributed by atoms with Gasteiger partial charge in [0, 0.05) is 67.2 Å². The summed E-state index contributed by atoms with van der Waals surface area (Å²) in [5, 5.41) is 0. The van der Waals surface area contributed by atoms with Gasteiger partial charge in [0.25, 0.3) is 0 Å². The van der Waals surface area contributed by atoms with Crippen LogP contribution in [-0.2, 0) is 6.54 Å². The molecule has 29 heavy (non-hydrogen) atoms.